The van der Waals surface area contributed by atoms with Crippen LogP contribution in [0.2, 0.25) is 0 Å². The molecule has 2 nitrogen and oxygen atoms in total. The van der Waals surface area contributed by atoms with Gasteiger partial charge in [0.1, 0.15) is 11.2 Å². The van der Waals surface area contributed by atoms with Gasteiger partial charge in [0.15, 0.2) is 0 Å². The van der Waals surface area contributed by atoms with Crippen LogP contribution in [0.1, 0.15) is 33.4 Å². The molecule has 1 heterocycles. The molecule has 0 atom stereocenters. The zero-order valence-corrected chi connectivity index (χ0v) is 25.2. The highest BCUT2D eigenvalue weighted by atomic mass is 16.3. The number of hydrogen-bond donors (Lipinski definition) is 1. The molecule has 0 saturated heterocycles. The number of hydrogen-bond acceptors (Lipinski definition) is 2. The average Bonchev–Trinajstić information content (AvgIpc) is 3.43. The van der Waals surface area contributed by atoms with Crippen molar-refractivity contribution in [1.29, 1.82) is 0 Å². The molecule has 44 heavy (non-hydrogen) atoms. The maximum atomic E-state index is 6.66. The normalized spacial score (nSPS) is 12.0. The number of furan rings is 1. The molecule has 0 spiro atoms. The van der Waals surface area contributed by atoms with Crippen LogP contribution in [0.4, 0.5) is 5.69 Å². The van der Waals surface area contributed by atoms with Crippen LogP contribution in [0.15, 0.2) is 132 Å². The lowest BCUT2D eigenvalue weighted by atomic mass is 9.92. The van der Waals surface area contributed by atoms with E-state index in [0.717, 1.165) is 57.3 Å². The third-order valence-corrected chi connectivity index (χ3v) is 8.73. The first-order chi connectivity index (χ1) is 21.6. The van der Waals surface area contributed by atoms with Crippen LogP contribution in [-0.2, 0) is 12.8 Å². The number of benzene rings is 6. The fraction of sp³-hybridized carbons (Fsp3) is 0.0952. The molecule has 1 aromatic heterocycles. The Labute approximate surface area is 258 Å². The van der Waals surface area contributed by atoms with E-state index in [9.17, 15) is 0 Å². The molecule has 0 fully saturated rings. The van der Waals surface area contributed by atoms with E-state index in [0.29, 0.717) is 0 Å². The first kappa shape index (κ1) is 27.5. The van der Waals surface area contributed by atoms with Gasteiger partial charge in [0.05, 0.1) is 0 Å². The predicted octanol–water partition coefficient (Wildman–Crippen LogP) is 11.1. The van der Waals surface area contributed by atoms with E-state index < -0.39 is 0 Å². The van der Waals surface area contributed by atoms with Crippen molar-refractivity contribution < 1.29 is 4.42 Å². The molecule has 0 saturated carbocycles. The average molecular weight is 570 g/mol. The molecule has 214 valence electrons. The van der Waals surface area contributed by atoms with Crippen molar-refractivity contribution in [1.82, 2.24) is 0 Å². The molecule has 7 aromatic rings. The summed E-state index contributed by atoms with van der Waals surface area (Å²) in [6.07, 6.45) is 10.4. The van der Waals surface area contributed by atoms with Crippen LogP contribution < -0.4 is 5.73 Å². The second-order valence-electron chi connectivity index (χ2n) is 11.5. The highest BCUT2D eigenvalue weighted by Crippen LogP contribution is 2.43. The molecule has 0 aliphatic rings. The molecule has 7 rings (SSSR count). The number of aryl methyl sites for hydroxylation is 1. The lowest BCUT2D eigenvalue weighted by molar-refractivity contribution is 0.670. The SMILES string of the molecule is Cc1ccccc1-c1c2ccccc2cc2c1oc1cccc(C/C=C\c3ccc(/C=C\Cc4ccccc4)c(C)c3N)c12. The van der Waals surface area contributed by atoms with E-state index in [1.54, 1.807) is 0 Å². The fourth-order valence-electron chi connectivity index (χ4n) is 6.33. The van der Waals surface area contributed by atoms with Crippen molar-refractivity contribution in [3.05, 3.63) is 161 Å². The van der Waals surface area contributed by atoms with Gasteiger partial charge < -0.3 is 10.2 Å². The van der Waals surface area contributed by atoms with Crippen LogP contribution in [0.3, 0.4) is 0 Å². The zero-order chi connectivity index (χ0) is 30.0. The summed E-state index contributed by atoms with van der Waals surface area (Å²) >= 11 is 0. The minimum absolute atomic E-state index is 0.774. The third-order valence-electron chi connectivity index (χ3n) is 8.73. The van der Waals surface area contributed by atoms with Gasteiger partial charge in [-0.05, 0) is 88.5 Å². The number of anilines is 1. The Balaban J connectivity index is 1.23. The van der Waals surface area contributed by atoms with Crippen LogP contribution in [0, 0.1) is 13.8 Å². The Morgan fingerprint density at radius 3 is 2.25 bits per heavy atom. The Kier molecular flexibility index (Phi) is 7.33. The minimum Gasteiger partial charge on any atom is -0.455 e. The van der Waals surface area contributed by atoms with Gasteiger partial charge in [-0.1, -0.05) is 127 Å². The minimum atomic E-state index is 0.774. The quantitative estimate of drug-likeness (QED) is 0.194. The van der Waals surface area contributed by atoms with Gasteiger partial charge >= 0.3 is 0 Å². The lowest BCUT2D eigenvalue weighted by Gasteiger charge is -2.11. The fourth-order valence-corrected chi connectivity index (χ4v) is 6.33. The largest absolute Gasteiger partial charge is 0.455 e. The van der Waals surface area contributed by atoms with E-state index in [1.807, 2.05) is 6.07 Å². The summed E-state index contributed by atoms with van der Waals surface area (Å²) in [7, 11) is 0. The lowest BCUT2D eigenvalue weighted by Crippen LogP contribution is -1.96. The number of fused-ring (bicyclic) bond motifs is 4. The molecule has 2 heteroatoms. The van der Waals surface area contributed by atoms with Crippen molar-refractivity contribution in [2.45, 2.75) is 26.7 Å². The van der Waals surface area contributed by atoms with Gasteiger partial charge in [0, 0.05) is 22.0 Å². The number of nitrogen functional groups attached to an aromatic ring is 1. The van der Waals surface area contributed by atoms with Crippen LogP contribution >= 0.6 is 0 Å². The standard InChI is InChI=1S/C42H35NO/c1-28-13-6-8-22-35(28)40-36-23-9-7-17-34(36)27-37-39-32(20-12-24-38(39)44-42(37)40)19-11-21-33-26-25-31(29(2)41(33)43)18-10-16-30-14-4-3-5-15-30/h3-15,17-18,20-27H,16,19,43H2,1-2H3/b18-10-,21-11-. The highest BCUT2D eigenvalue weighted by molar-refractivity contribution is 6.19. The van der Waals surface area contributed by atoms with Gasteiger partial charge in [0.2, 0.25) is 0 Å². The highest BCUT2D eigenvalue weighted by Gasteiger charge is 2.18. The van der Waals surface area contributed by atoms with E-state index >= 15 is 0 Å². The summed E-state index contributed by atoms with van der Waals surface area (Å²) in [5.41, 5.74) is 18.8. The van der Waals surface area contributed by atoms with E-state index in [4.69, 9.17) is 10.2 Å². The summed E-state index contributed by atoms with van der Waals surface area (Å²) < 4.78 is 6.66. The van der Waals surface area contributed by atoms with Crippen LogP contribution in [0.25, 0.3) is 56.0 Å². The van der Waals surface area contributed by atoms with Crippen molar-refractivity contribution in [2.75, 3.05) is 5.73 Å². The molecule has 0 bridgehead atoms. The van der Waals surface area contributed by atoms with E-state index in [-0.39, 0.29) is 0 Å². The molecule has 0 unspecified atom stereocenters. The summed E-state index contributed by atoms with van der Waals surface area (Å²) in [6, 6.07) is 40.6. The van der Waals surface area contributed by atoms with Crippen molar-refractivity contribution in [3.63, 3.8) is 0 Å². The van der Waals surface area contributed by atoms with Crippen molar-refractivity contribution >= 4 is 50.6 Å². The van der Waals surface area contributed by atoms with Gasteiger partial charge in [-0.3, -0.25) is 0 Å². The third kappa shape index (κ3) is 5.09. The topological polar surface area (TPSA) is 39.2 Å². The summed E-state index contributed by atoms with van der Waals surface area (Å²) in [6.45, 7) is 4.27. The molecule has 0 amide bonds. The molecule has 0 aliphatic heterocycles. The summed E-state index contributed by atoms with van der Waals surface area (Å²) in [5, 5.41) is 4.75. The number of rotatable bonds is 7. The number of allylic oxidation sites excluding steroid dienone is 2. The Hall–Kier alpha value is -5.34. The molecule has 0 radical (unpaired) electrons. The maximum absolute atomic E-state index is 6.66. The first-order valence-corrected chi connectivity index (χ1v) is 15.3. The smallest absolute Gasteiger partial charge is 0.143 e. The van der Waals surface area contributed by atoms with Gasteiger partial charge in [-0.25, -0.2) is 0 Å². The van der Waals surface area contributed by atoms with Crippen LogP contribution in [0.5, 0.6) is 0 Å². The maximum Gasteiger partial charge on any atom is 0.143 e. The van der Waals surface area contributed by atoms with Crippen LogP contribution in [-0.4, -0.2) is 0 Å². The predicted molar refractivity (Wildman–Crippen MR) is 189 cm³/mol. The van der Waals surface area contributed by atoms with Gasteiger partial charge in [-0.2, -0.15) is 0 Å². The Morgan fingerprint density at radius 2 is 1.39 bits per heavy atom. The molecular formula is C42H35NO. The van der Waals surface area contributed by atoms with E-state index in [2.05, 4.69) is 147 Å². The zero-order valence-electron chi connectivity index (χ0n) is 25.2. The first-order valence-electron chi connectivity index (χ1n) is 15.3. The van der Waals surface area contributed by atoms with Crippen molar-refractivity contribution in [2.24, 2.45) is 0 Å². The van der Waals surface area contributed by atoms with E-state index in [1.165, 1.54) is 38.4 Å². The summed E-state index contributed by atoms with van der Waals surface area (Å²) in [4.78, 5) is 0. The Morgan fingerprint density at radius 1 is 0.659 bits per heavy atom. The molecule has 6 aromatic carbocycles. The monoisotopic (exact) mass is 569 g/mol. The Bertz CT molecular complexity index is 2200. The molecule has 2 N–H and O–H groups in total. The number of nitrogens with two attached hydrogens (primary N) is 1. The second kappa shape index (κ2) is 11.7. The molecular weight excluding hydrogens is 534 g/mol. The van der Waals surface area contributed by atoms with Crippen molar-refractivity contribution in [3.8, 4) is 11.1 Å². The summed E-state index contributed by atoms with van der Waals surface area (Å²) in [5.74, 6) is 0. The van der Waals surface area contributed by atoms with Gasteiger partial charge in [-0.15, -0.1) is 0 Å². The van der Waals surface area contributed by atoms with Gasteiger partial charge in [0.25, 0.3) is 0 Å². The second-order valence-corrected chi connectivity index (χ2v) is 11.5. The molecule has 0 aliphatic carbocycles.